The van der Waals surface area contributed by atoms with Crippen LogP contribution >= 0.6 is 0 Å². The van der Waals surface area contributed by atoms with Crippen LogP contribution in [0.4, 0.5) is 0 Å². The van der Waals surface area contributed by atoms with Gasteiger partial charge in [0.15, 0.2) is 0 Å². The topological polar surface area (TPSA) is 63.6 Å². The number of carbonyl (C=O) groups excluding carboxylic acids is 2. The first-order chi connectivity index (χ1) is 7.13. The first-order valence-corrected chi connectivity index (χ1v) is 5.42. The number of carbonyl (C=O) groups is 2. The van der Waals surface area contributed by atoms with Crippen LogP contribution in [0, 0.1) is 5.41 Å². The highest BCUT2D eigenvalue weighted by Crippen LogP contribution is 2.36. The summed E-state index contributed by atoms with van der Waals surface area (Å²) in [6, 6.07) is 0. The molecule has 0 amide bonds. The normalized spacial score (nSPS) is 25.3. The number of cyclic esters (lactones) is 1. The lowest BCUT2D eigenvalue weighted by atomic mass is 9.78. The van der Waals surface area contributed by atoms with E-state index in [1.807, 2.05) is 0 Å². The summed E-state index contributed by atoms with van der Waals surface area (Å²) >= 11 is 0. The third-order valence-electron chi connectivity index (χ3n) is 3.09. The molecule has 0 aromatic heterocycles. The van der Waals surface area contributed by atoms with Crippen LogP contribution in [0.5, 0.6) is 0 Å². The first-order valence-electron chi connectivity index (χ1n) is 5.42. The molecule has 1 atom stereocenters. The van der Waals surface area contributed by atoms with Crippen LogP contribution < -0.4 is 0 Å². The van der Waals surface area contributed by atoms with Crippen molar-refractivity contribution in [3.8, 4) is 0 Å². The Bertz CT molecular complexity index is 249. The van der Waals surface area contributed by atoms with E-state index >= 15 is 0 Å². The quantitative estimate of drug-likeness (QED) is 0.408. The van der Waals surface area contributed by atoms with Crippen molar-refractivity contribution in [1.82, 2.24) is 0 Å². The van der Waals surface area contributed by atoms with Crippen molar-refractivity contribution in [2.45, 2.75) is 39.0 Å². The third kappa shape index (κ3) is 2.56. The predicted molar refractivity (Wildman–Crippen MR) is 54.2 cm³/mol. The summed E-state index contributed by atoms with van der Waals surface area (Å²) in [4.78, 5) is 23.0. The zero-order chi connectivity index (χ0) is 11.3. The Morgan fingerprint density at radius 2 is 2.20 bits per heavy atom. The maximum Gasteiger partial charge on any atom is 0.319 e. The van der Waals surface area contributed by atoms with Crippen molar-refractivity contribution < 1.29 is 19.4 Å². The zero-order valence-electron chi connectivity index (χ0n) is 9.12. The van der Waals surface area contributed by atoms with E-state index < -0.39 is 5.41 Å². The second kappa shape index (κ2) is 5.26. The smallest absolute Gasteiger partial charge is 0.319 e. The number of ketones is 1. The molecule has 0 saturated carbocycles. The fourth-order valence-electron chi connectivity index (χ4n) is 2.00. The minimum atomic E-state index is -0.880. The molecule has 1 aliphatic heterocycles. The van der Waals surface area contributed by atoms with Gasteiger partial charge in [-0.1, -0.05) is 12.8 Å². The average Bonchev–Trinajstić information content (AvgIpc) is 2.56. The second-order valence-electron chi connectivity index (χ2n) is 4.06. The number of unbranched alkanes of at least 4 members (excludes halogenated alkanes) is 2. The maximum atomic E-state index is 11.5. The first kappa shape index (κ1) is 12.2. The van der Waals surface area contributed by atoms with Crippen molar-refractivity contribution in [1.29, 1.82) is 0 Å². The van der Waals surface area contributed by atoms with Crippen molar-refractivity contribution in [2.75, 3.05) is 13.2 Å². The minimum absolute atomic E-state index is 0.0889. The van der Waals surface area contributed by atoms with Gasteiger partial charge in [0.1, 0.15) is 11.2 Å². The van der Waals surface area contributed by atoms with Gasteiger partial charge in [0.05, 0.1) is 6.61 Å². The number of hydrogen-bond donors (Lipinski definition) is 1. The van der Waals surface area contributed by atoms with Crippen LogP contribution in [0.3, 0.4) is 0 Å². The highest BCUT2D eigenvalue weighted by atomic mass is 16.5. The Morgan fingerprint density at radius 1 is 1.47 bits per heavy atom. The van der Waals surface area contributed by atoms with Gasteiger partial charge in [0.2, 0.25) is 0 Å². The van der Waals surface area contributed by atoms with Crippen LogP contribution in [0.25, 0.3) is 0 Å². The van der Waals surface area contributed by atoms with Crippen LogP contribution in [0.2, 0.25) is 0 Å². The largest absolute Gasteiger partial charge is 0.465 e. The van der Waals surface area contributed by atoms with Crippen molar-refractivity contribution >= 4 is 11.8 Å². The van der Waals surface area contributed by atoms with Gasteiger partial charge < -0.3 is 9.84 Å². The Morgan fingerprint density at radius 3 is 2.67 bits per heavy atom. The molecule has 1 N–H and O–H groups in total. The summed E-state index contributed by atoms with van der Waals surface area (Å²) in [5, 5.41) is 8.63. The molecule has 0 aliphatic carbocycles. The van der Waals surface area contributed by atoms with Gasteiger partial charge in [0, 0.05) is 13.0 Å². The van der Waals surface area contributed by atoms with E-state index in [2.05, 4.69) is 0 Å². The van der Waals surface area contributed by atoms with Gasteiger partial charge in [-0.15, -0.1) is 0 Å². The lowest BCUT2D eigenvalue weighted by Gasteiger charge is -2.20. The van der Waals surface area contributed by atoms with Crippen LogP contribution in [0.15, 0.2) is 0 Å². The Balaban J connectivity index is 2.51. The molecule has 0 radical (unpaired) electrons. The summed E-state index contributed by atoms with van der Waals surface area (Å²) in [5.41, 5.74) is -0.880. The maximum absolute atomic E-state index is 11.5. The number of Topliss-reactive ketones (excluding diaryl/α,β-unsaturated/α-hetero) is 1. The van der Waals surface area contributed by atoms with E-state index in [1.54, 1.807) is 0 Å². The van der Waals surface area contributed by atoms with Gasteiger partial charge in [-0.25, -0.2) is 0 Å². The zero-order valence-corrected chi connectivity index (χ0v) is 9.12. The second-order valence-corrected chi connectivity index (χ2v) is 4.06. The number of hydrogen-bond acceptors (Lipinski definition) is 4. The molecule has 1 aliphatic rings. The van der Waals surface area contributed by atoms with Crippen LogP contribution in [0.1, 0.15) is 39.0 Å². The number of aliphatic hydroxyl groups excluding tert-OH is 1. The monoisotopic (exact) mass is 214 g/mol. The summed E-state index contributed by atoms with van der Waals surface area (Å²) in [6.45, 7) is 1.98. The molecule has 1 fully saturated rings. The standard InChI is InChI=1S/C11H18O4/c1-9(13)11(5-3-2-4-7-12)6-8-15-10(11)14/h12H,2-8H2,1H3. The minimum Gasteiger partial charge on any atom is -0.465 e. The molecule has 1 unspecified atom stereocenters. The molecule has 4 nitrogen and oxygen atoms in total. The number of esters is 1. The van der Waals surface area contributed by atoms with Crippen molar-refractivity contribution in [2.24, 2.45) is 5.41 Å². The molecule has 1 heterocycles. The SMILES string of the molecule is CC(=O)C1(CCCCCO)CCOC1=O. The van der Waals surface area contributed by atoms with Gasteiger partial charge in [-0.2, -0.15) is 0 Å². The average molecular weight is 214 g/mol. The lowest BCUT2D eigenvalue weighted by molar-refractivity contribution is -0.151. The van der Waals surface area contributed by atoms with E-state index in [0.717, 1.165) is 19.3 Å². The highest BCUT2D eigenvalue weighted by molar-refractivity contribution is 6.03. The lowest BCUT2D eigenvalue weighted by Crippen LogP contribution is -2.34. The van der Waals surface area contributed by atoms with E-state index in [1.165, 1.54) is 6.92 Å². The van der Waals surface area contributed by atoms with Crippen molar-refractivity contribution in [3.05, 3.63) is 0 Å². The summed E-state index contributed by atoms with van der Waals surface area (Å²) in [6.07, 6.45) is 3.43. The Kier molecular flexibility index (Phi) is 4.27. The summed E-state index contributed by atoms with van der Waals surface area (Å²) < 4.78 is 4.88. The number of ether oxygens (including phenoxy) is 1. The molecule has 1 rings (SSSR count). The number of aliphatic hydroxyl groups is 1. The van der Waals surface area contributed by atoms with Crippen molar-refractivity contribution in [3.63, 3.8) is 0 Å². The molecule has 0 spiro atoms. The predicted octanol–water partition coefficient (Wildman–Crippen LogP) is 1.06. The third-order valence-corrected chi connectivity index (χ3v) is 3.09. The summed E-state index contributed by atoms with van der Waals surface area (Å²) in [5.74, 6) is -0.451. The fraction of sp³-hybridized carbons (Fsp3) is 0.818. The van der Waals surface area contributed by atoms with Gasteiger partial charge in [-0.05, 0) is 19.8 Å². The van der Waals surface area contributed by atoms with Crippen LogP contribution in [-0.4, -0.2) is 30.1 Å². The molecular formula is C11H18O4. The van der Waals surface area contributed by atoms with E-state index in [-0.39, 0.29) is 18.4 Å². The molecule has 86 valence electrons. The molecule has 4 heteroatoms. The van der Waals surface area contributed by atoms with E-state index in [0.29, 0.717) is 19.4 Å². The molecule has 15 heavy (non-hydrogen) atoms. The molecule has 0 bridgehead atoms. The Labute approximate surface area is 89.6 Å². The van der Waals surface area contributed by atoms with Gasteiger partial charge in [0.25, 0.3) is 0 Å². The van der Waals surface area contributed by atoms with Crippen LogP contribution in [-0.2, 0) is 14.3 Å². The van der Waals surface area contributed by atoms with Gasteiger partial charge >= 0.3 is 5.97 Å². The highest BCUT2D eigenvalue weighted by Gasteiger charge is 2.47. The molecular weight excluding hydrogens is 196 g/mol. The Hall–Kier alpha value is -0.900. The molecule has 0 aromatic carbocycles. The molecule has 0 aromatic rings. The van der Waals surface area contributed by atoms with Gasteiger partial charge in [-0.3, -0.25) is 9.59 Å². The summed E-state index contributed by atoms with van der Waals surface area (Å²) in [7, 11) is 0. The molecule has 1 saturated heterocycles. The number of rotatable bonds is 6. The van der Waals surface area contributed by atoms with E-state index in [4.69, 9.17) is 9.84 Å². The van der Waals surface area contributed by atoms with E-state index in [9.17, 15) is 9.59 Å². The fourth-order valence-corrected chi connectivity index (χ4v) is 2.00.